The van der Waals surface area contributed by atoms with Crippen molar-refractivity contribution in [2.45, 2.75) is 233 Å². The van der Waals surface area contributed by atoms with Crippen LogP contribution in [0.2, 0.25) is 0 Å². The number of unbranched alkanes of at least 4 members (excludes halogenated alkanes) is 4. The van der Waals surface area contributed by atoms with Crippen LogP contribution in [0.15, 0.2) is 0 Å². The van der Waals surface area contributed by atoms with Gasteiger partial charge in [0.25, 0.3) is 0 Å². The van der Waals surface area contributed by atoms with Gasteiger partial charge in [0.15, 0.2) is 0 Å². The first kappa shape index (κ1) is 71.1. The van der Waals surface area contributed by atoms with Gasteiger partial charge in [0, 0.05) is 6.42 Å². The number of carbonyl (C=O) groups is 11. The number of amides is 9. The van der Waals surface area contributed by atoms with Crippen LogP contribution < -0.4 is 47.9 Å². The number of ether oxygens (including phenoxy) is 1. The summed E-state index contributed by atoms with van der Waals surface area (Å²) < 4.78 is 5.82. The molecule has 79 heavy (non-hydrogen) atoms. The first-order valence-electron chi connectivity index (χ1n) is 28.0. The molecule has 9 amide bonds. The monoisotopic (exact) mass is 1130 g/mol. The largest absolute Gasteiger partial charge is 0.481 e. The zero-order valence-corrected chi connectivity index (χ0v) is 48.5. The van der Waals surface area contributed by atoms with Crippen LogP contribution in [-0.4, -0.2) is 165 Å². The number of esters is 1. The van der Waals surface area contributed by atoms with E-state index in [0.29, 0.717) is 12.8 Å². The van der Waals surface area contributed by atoms with Crippen LogP contribution >= 0.6 is 0 Å². The Kier molecular flexibility index (Phi) is 32.7. The first-order chi connectivity index (χ1) is 37.0. The van der Waals surface area contributed by atoms with Gasteiger partial charge in [-0.25, -0.2) is 4.79 Å². The molecule has 0 spiro atoms. The molecule has 0 aromatic heterocycles. The standard InChI is InChI=1S/C54H95N9O16/c1-13-15-16-17-18-19-34(66)25-41(67)55-36(22-28(3)4)47(71)56-35(20-21-42(68)69)46(70)63-45-33(12)79-54(78)44(32(11)14-2)62-51(75)40(27-65)60-48(72)37(23-29(5)6)57-50(74)39(26-64)59-49(73)38(24-30(7)8)58-52(76)43(31(9)10)61-53(45)77/h28-40,43-45,64-66H,13-27H2,1-12H3,(H,55,67)(H,56,71)(H,57,74)(H,58,76)(H,59,73)(H,60,72)(H,61,77)(H,62,75)(H,63,70)(H,68,69)/t32-,33+,34+,35+,36-,37-,38-,39+,40+,43-,44-,45-/m0/s1. The van der Waals surface area contributed by atoms with Gasteiger partial charge in [-0.05, 0) is 68.6 Å². The van der Waals surface area contributed by atoms with E-state index in [-0.39, 0.29) is 49.9 Å². The Morgan fingerprint density at radius 3 is 1.56 bits per heavy atom. The van der Waals surface area contributed by atoms with Crippen LogP contribution in [0.25, 0.3) is 0 Å². The summed E-state index contributed by atoms with van der Waals surface area (Å²) in [5.74, 6) is -13.4. The summed E-state index contributed by atoms with van der Waals surface area (Å²) in [7, 11) is 0. The van der Waals surface area contributed by atoms with E-state index in [2.05, 4.69) is 54.8 Å². The van der Waals surface area contributed by atoms with Gasteiger partial charge in [0.1, 0.15) is 60.5 Å². The summed E-state index contributed by atoms with van der Waals surface area (Å²) in [6.07, 6.45) is 1.05. The van der Waals surface area contributed by atoms with Gasteiger partial charge in [-0.1, -0.05) is 115 Å². The van der Waals surface area contributed by atoms with E-state index in [1.54, 1.807) is 69.2 Å². The molecule has 25 heteroatoms. The maximum atomic E-state index is 14.7. The molecular weight excluding hydrogens is 1030 g/mol. The van der Waals surface area contributed by atoms with E-state index in [0.717, 1.165) is 25.7 Å². The number of carbonyl (C=O) groups excluding carboxylic acids is 10. The van der Waals surface area contributed by atoms with Crippen LogP contribution in [0.1, 0.15) is 167 Å². The normalized spacial score (nSPS) is 24.0. The second-order valence-corrected chi connectivity index (χ2v) is 22.4. The van der Waals surface area contributed by atoms with Crippen molar-refractivity contribution in [2.24, 2.45) is 29.6 Å². The molecule has 0 aromatic carbocycles. The molecular formula is C54H95N9O16. The molecule has 0 aliphatic carbocycles. The molecule has 452 valence electrons. The van der Waals surface area contributed by atoms with E-state index >= 15 is 0 Å². The minimum absolute atomic E-state index is 0.0100. The molecule has 1 aliphatic rings. The number of cyclic esters (lactones) is 1. The summed E-state index contributed by atoms with van der Waals surface area (Å²) in [4.78, 5) is 152. The minimum atomic E-state index is -1.95. The van der Waals surface area contributed by atoms with Crippen LogP contribution in [-0.2, 0) is 57.5 Å². The molecule has 12 atom stereocenters. The lowest BCUT2D eigenvalue weighted by molar-refractivity contribution is -0.158. The van der Waals surface area contributed by atoms with Gasteiger partial charge < -0.3 is 73.0 Å². The Balaban J connectivity index is 3.99. The van der Waals surface area contributed by atoms with Crippen LogP contribution in [0.5, 0.6) is 0 Å². The van der Waals surface area contributed by atoms with Crippen molar-refractivity contribution in [1.29, 1.82) is 0 Å². The zero-order valence-electron chi connectivity index (χ0n) is 48.5. The Morgan fingerprint density at radius 1 is 0.582 bits per heavy atom. The highest BCUT2D eigenvalue weighted by Gasteiger charge is 2.40. The smallest absolute Gasteiger partial charge is 0.329 e. The Labute approximate surface area is 465 Å². The predicted molar refractivity (Wildman–Crippen MR) is 291 cm³/mol. The average Bonchev–Trinajstić information content (AvgIpc) is 3.36. The molecule has 0 bridgehead atoms. The van der Waals surface area contributed by atoms with Crippen molar-refractivity contribution in [3.05, 3.63) is 0 Å². The van der Waals surface area contributed by atoms with Crippen molar-refractivity contribution in [2.75, 3.05) is 13.2 Å². The van der Waals surface area contributed by atoms with Gasteiger partial charge >= 0.3 is 11.9 Å². The van der Waals surface area contributed by atoms with Gasteiger partial charge in [-0.15, -0.1) is 0 Å². The highest BCUT2D eigenvalue weighted by atomic mass is 16.5. The number of carboxylic acid groups (broad SMARTS) is 1. The summed E-state index contributed by atoms with van der Waals surface area (Å²) in [5.41, 5.74) is 0. The topological polar surface area (TPSA) is 386 Å². The average molecular weight is 1130 g/mol. The number of aliphatic carboxylic acids is 1. The Morgan fingerprint density at radius 2 is 1.08 bits per heavy atom. The van der Waals surface area contributed by atoms with E-state index in [9.17, 15) is 73.2 Å². The fourth-order valence-electron chi connectivity index (χ4n) is 8.61. The lowest BCUT2D eigenvalue weighted by atomic mass is 9.98. The number of aliphatic hydroxyl groups excluding tert-OH is 3. The van der Waals surface area contributed by atoms with E-state index in [4.69, 9.17) is 4.74 Å². The first-order valence-corrected chi connectivity index (χ1v) is 28.0. The Bertz CT molecular complexity index is 2020. The third-order valence-electron chi connectivity index (χ3n) is 13.4. The van der Waals surface area contributed by atoms with Crippen LogP contribution in [0.4, 0.5) is 0 Å². The highest BCUT2D eigenvalue weighted by molar-refractivity contribution is 5.99. The lowest BCUT2D eigenvalue weighted by Gasteiger charge is -2.32. The lowest BCUT2D eigenvalue weighted by Crippen LogP contribution is -2.64. The number of aliphatic hydroxyl groups is 3. The SMILES string of the molecule is CCCCCCC[C@@H](O)CC(=O)N[C@@H](CC(C)C)C(=O)N[C@H](CCC(=O)O)C(=O)N[C@@H]1C(=O)N[C@@H](C(C)C)C(=O)N[C@@H](CC(C)C)C(=O)N[C@H](CO)C(=O)N[C@@H](CC(C)C)C(=O)N[C@H](CO)C(=O)N[C@@H]([C@@H](C)CC)C(=O)O[C@@H]1C. The quantitative estimate of drug-likeness (QED) is 0.0383. The van der Waals surface area contributed by atoms with E-state index in [1.807, 2.05) is 0 Å². The van der Waals surface area contributed by atoms with Gasteiger partial charge in [-0.2, -0.15) is 0 Å². The van der Waals surface area contributed by atoms with Crippen LogP contribution in [0.3, 0.4) is 0 Å². The molecule has 13 N–H and O–H groups in total. The highest BCUT2D eigenvalue weighted by Crippen LogP contribution is 2.17. The van der Waals surface area contributed by atoms with Gasteiger partial charge in [0.2, 0.25) is 53.2 Å². The van der Waals surface area contributed by atoms with E-state index < -0.39 is 170 Å². The molecule has 1 rings (SSSR count). The molecule has 0 saturated carbocycles. The third kappa shape index (κ3) is 26.3. The number of hydrogen-bond acceptors (Lipinski definition) is 15. The minimum Gasteiger partial charge on any atom is -0.481 e. The number of hydrogen-bond donors (Lipinski definition) is 13. The second-order valence-electron chi connectivity index (χ2n) is 22.4. The van der Waals surface area contributed by atoms with Crippen molar-refractivity contribution >= 4 is 65.1 Å². The van der Waals surface area contributed by atoms with E-state index in [1.165, 1.54) is 6.92 Å². The van der Waals surface area contributed by atoms with Gasteiger partial charge in [0.05, 0.1) is 25.7 Å². The summed E-state index contributed by atoms with van der Waals surface area (Å²) in [6, 6.07) is -14.1. The molecule has 0 radical (unpaired) electrons. The molecule has 1 aliphatic heterocycles. The second kappa shape index (κ2) is 36.3. The van der Waals surface area contributed by atoms with Crippen LogP contribution in [0, 0.1) is 29.6 Å². The fraction of sp³-hybridized carbons (Fsp3) is 0.796. The number of nitrogens with one attached hydrogen (secondary N) is 9. The third-order valence-corrected chi connectivity index (χ3v) is 13.4. The summed E-state index contributed by atoms with van der Waals surface area (Å²) in [6.45, 7) is 18.2. The number of carboxylic acids is 1. The van der Waals surface area contributed by atoms with Crippen molar-refractivity contribution in [3.63, 3.8) is 0 Å². The molecule has 25 nitrogen and oxygen atoms in total. The maximum Gasteiger partial charge on any atom is 0.329 e. The number of rotatable bonds is 27. The Hall–Kier alpha value is -5.95. The van der Waals surface area contributed by atoms with Crippen molar-refractivity contribution < 1.29 is 77.9 Å². The predicted octanol–water partition coefficient (Wildman–Crippen LogP) is 0.0962. The van der Waals surface area contributed by atoms with Gasteiger partial charge in [-0.3, -0.25) is 47.9 Å². The fourth-order valence-corrected chi connectivity index (χ4v) is 8.61. The molecule has 0 unspecified atom stereocenters. The summed E-state index contributed by atoms with van der Waals surface area (Å²) in [5, 5.41) is 63.5. The summed E-state index contributed by atoms with van der Waals surface area (Å²) >= 11 is 0. The molecule has 1 fully saturated rings. The van der Waals surface area contributed by atoms with Crippen molar-refractivity contribution in [3.8, 4) is 0 Å². The molecule has 1 heterocycles. The maximum absolute atomic E-state index is 14.7. The molecule has 1 saturated heterocycles. The van der Waals surface area contributed by atoms with Crippen molar-refractivity contribution in [1.82, 2.24) is 47.9 Å². The zero-order chi connectivity index (χ0) is 60.3. The molecule has 0 aromatic rings.